The van der Waals surface area contributed by atoms with E-state index in [1.807, 2.05) is 13.8 Å². The minimum absolute atomic E-state index is 0.0220. The van der Waals surface area contributed by atoms with Crippen molar-refractivity contribution in [1.29, 1.82) is 0 Å². The number of urea groups is 1. The highest BCUT2D eigenvalue weighted by atomic mass is 16.5. The molecule has 1 aliphatic heterocycles. The number of amides is 3. The zero-order valence-electron chi connectivity index (χ0n) is 11.7. The van der Waals surface area contributed by atoms with Crippen molar-refractivity contribution < 1.29 is 24.2 Å². The maximum atomic E-state index is 12.0. The largest absolute Gasteiger partial charge is 0.480 e. The SMILES string of the molecule is CC1CN(C(=O)NC(CCC(N)=O)C(=O)O)CC(C)O1. The zero-order valence-corrected chi connectivity index (χ0v) is 11.7. The molecule has 4 N–H and O–H groups in total. The Morgan fingerprint density at radius 1 is 1.35 bits per heavy atom. The van der Waals surface area contributed by atoms with Crippen molar-refractivity contribution in [3.63, 3.8) is 0 Å². The molecule has 0 bridgehead atoms. The fourth-order valence-electron chi connectivity index (χ4n) is 2.13. The van der Waals surface area contributed by atoms with E-state index >= 15 is 0 Å². The number of carboxylic acid groups (broad SMARTS) is 1. The van der Waals surface area contributed by atoms with Gasteiger partial charge in [0.05, 0.1) is 12.2 Å². The molecule has 0 aliphatic carbocycles. The zero-order chi connectivity index (χ0) is 15.3. The van der Waals surface area contributed by atoms with Gasteiger partial charge in [-0.1, -0.05) is 0 Å². The highest BCUT2D eigenvalue weighted by molar-refractivity contribution is 5.83. The van der Waals surface area contributed by atoms with E-state index in [2.05, 4.69) is 5.32 Å². The van der Waals surface area contributed by atoms with Crippen molar-refractivity contribution in [1.82, 2.24) is 10.2 Å². The Labute approximate surface area is 117 Å². The van der Waals surface area contributed by atoms with Crippen LogP contribution in [-0.4, -0.2) is 59.3 Å². The molecule has 0 aromatic heterocycles. The van der Waals surface area contributed by atoms with E-state index in [0.29, 0.717) is 13.1 Å². The first-order chi connectivity index (χ1) is 9.29. The number of nitrogens with two attached hydrogens (primary N) is 1. The summed E-state index contributed by atoms with van der Waals surface area (Å²) >= 11 is 0. The van der Waals surface area contributed by atoms with E-state index in [1.54, 1.807) is 0 Å². The Balaban J connectivity index is 2.56. The van der Waals surface area contributed by atoms with Crippen LogP contribution in [0.5, 0.6) is 0 Å². The number of nitrogens with one attached hydrogen (secondary N) is 1. The van der Waals surface area contributed by atoms with Gasteiger partial charge < -0.3 is 25.8 Å². The van der Waals surface area contributed by atoms with Gasteiger partial charge in [0.2, 0.25) is 5.91 Å². The first-order valence-electron chi connectivity index (χ1n) is 6.51. The smallest absolute Gasteiger partial charge is 0.326 e. The fraction of sp³-hybridized carbons (Fsp3) is 0.750. The van der Waals surface area contributed by atoms with Crippen LogP contribution < -0.4 is 11.1 Å². The predicted molar refractivity (Wildman–Crippen MR) is 70.0 cm³/mol. The van der Waals surface area contributed by atoms with Crippen molar-refractivity contribution >= 4 is 17.9 Å². The Kier molecular flexibility index (Phi) is 5.75. The van der Waals surface area contributed by atoms with Gasteiger partial charge in [-0.3, -0.25) is 4.79 Å². The molecule has 3 atom stereocenters. The number of rotatable bonds is 5. The van der Waals surface area contributed by atoms with Crippen LogP contribution in [0, 0.1) is 0 Å². The standard InChI is InChI=1S/C12H21N3O5/c1-7-5-15(6-8(2)20-7)12(19)14-9(11(17)18)3-4-10(13)16/h7-9H,3-6H2,1-2H3,(H2,13,16)(H,14,19)(H,17,18). The second kappa shape index (κ2) is 7.09. The Bertz CT molecular complexity index is 377. The van der Waals surface area contributed by atoms with Gasteiger partial charge in [0.25, 0.3) is 0 Å². The van der Waals surface area contributed by atoms with Gasteiger partial charge in [-0.05, 0) is 20.3 Å². The minimum atomic E-state index is -1.19. The summed E-state index contributed by atoms with van der Waals surface area (Å²) in [6.07, 6.45) is -0.309. The highest BCUT2D eigenvalue weighted by Crippen LogP contribution is 2.11. The van der Waals surface area contributed by atoms with Gasteiger partial charge in [-0.15, -0.1) is 0 Å². The Morgan fingerprint density at radius 3 is 2.35 bits per heavy atom. The summed E-state index contributed by atoms with van der Waals surface area (Å²) in [5, 5.41) is 11.4. The van der Waals surface area contributed by atoms with Crippen LogP contribution in [0.25, 0.3) is 0 Å². The maximum absolute atomic E-state index is 12.0. The normalized spacial score (nSPS) is 24.0. The molecule has 20 heavy (non-hydrogen) atoms. The molecule has 0 aromatic rings. The molecule has 0 radical (unpaired) electrons. The number of ether oxygens (including phenoxy) is 1. The van der Waals surface area contributed by atoms with Crippen molar-refractivity contribution in [2.75, 3.05) is 13.1 Å². The lowest BCUT2D eigenvalue weighted by atomic mass is 10.1. The van der Waals surface area contributed by atoms with Gasteiger partial charge in [0.1, 0.15) is 6.04 Å². The van der Waals surface area contributed by atoms with E-state index in [1.165, 1.54) is 4.90 Å². The number of nitrogens with zero attached hydrogens (tertiary/aromatic N) is 1. The number of carbonyl (C=O) groups excluding carboxylic acids is 2. The van der Waals surface area contributed by atoms with E-state index in [-0.39, 0.29) is 25.0 Å². The number of carbonyl (C=O) groups is 3. The van der Waals surface area contributed by atoms with Gasteiger partial charge >= 0.3 is 12.0 Å². The van der Waals surface area contributed by atoms with Crippen molar-refractivity contribution in [2.24, 2.45) is 5.73 Å². The van der Waals surface area contributed by atoms with Gasteiger partial charge in [0.15, 0.2) is 0 Å². The fourth-order valence-corrected chi connectivity index (χ4v) is 2.13. The second-order valence-corrected chi connectivity index (χ2v) is 5.01. The number of hydrogen-bond donors (Lipinski definition) is 3. The number of hydrogen-bond acceptors (Lipinski definition) is 4. The Morgan fingerprint density at radius 2 is 1.90 bits per heavy atom. The summed E-state index contributed by atoms with van der Waals surface area (Å²) in [6, 6.07) is -1.59. The second-order valence-electron chi connectivity index (χ2n) is 5.01. The minimum Gasteiger partial charge on any atom is -0.480 e. The summed E-state index contributed by atoms with van der Waals surface area (Å²) < 4.78 is 5.50. The van der Waals surface area contributed by atoms with Crippen LogP contribution in [0.2, 0.25) is 0 Å². The molecule has 3 unspecified atom stereocenters. The molecule has 1 heterocycles. The molecule has 3 amide bonds. The molecular formula is C12H21N3O5. The maximum Gasteiger partial charge on any atom is 0.326 e. The molecule has 0 spiro atoms. The summed E-state index contributed by atoms with van der Waals surface area (Å²) in [7, 11) is 0. The monoisotopic (exact) mass is 287 g/mol. The van der Waals surface area contributed by atoms with E-state index in [4.69, 9.17) is 15.6 Å². The first-order valence-corrected chi connectivity index (χ1v) is 6.51. The van der Waals surface area contributed by atoms with Crippen molar-refractivity contribution in [3.05, 3.63) is 0 Å². The van der Waals surface area contributed by atoms with E-state index in [0.717, 1.165) is 0 Å². The van der Waals surface area contributed by atoms with Gasteiger partial charge in [0, 0.05) is 19.5 Å². The molecule has 8 heteroatoms. The molecule has 1 fully saturated rings. The summed E-state index contributed by atoms with van der Waals surface area (Å²) in [5.41, 5.74) is 4.98. The average Bonchev–Trinajstić information content (AvgIpc) is 2.32. The molecule has 8 nitrogen and oxygen atoms in total. The van der Waals surface area contributed by atoms with Crippen molar-refractivity contribution in [2.45, 2.75) is 44.9 Å². The first kappa shape index (κ1) is 16.2. The summed E-state index contributed by atoms with van der Waals surface area (Å²) in [5.74, 6) is -1.78. The molecule has 1 aliphatic rings. The molecule has 1 rings (SSSR count). The molecular weight excluding hydrogens is 266 g/mol. The third-order valence-corrected chi connectivity index (χ3v) is 2.98. The topological polar surface area (TPSA) is 122 Å². The lowest BCUT2D eigenvalue weighted by molar-refractivity contribution is -0.139. The highest BCUT2D eigenvalue weighted by Gasteiger charge is 2.28. The van der Waals surface area contributed by atoms with Crippen LogP contribution in [0.4, 0.5) is 4.79 Å². The van der Waals surface area contributed by atoms with E-state index in [9.17, 15) is 14.4 Å². The van der Waals surface area contributed by atoms with Crippen LogP contribution in [0.3, 0.4) is 0 Å². The average molecular weight is 287 g/mol. The van der Waals surface area contributed by atoms with Crippen LogP contribution in [-0.2, 0) is 14.3 Å². The summed E-state index contributed by atoms with van der Waals surface area (Å²) in [6.45, 7) is 4.49. The molecule has 114 valence electrons. The number of morpholine rings is 1. The molecule has 0 saturated carbocycles. The summed E-state index contributed by atoms with van der Waals surface area (Å²) in [4.78, 5) is 35.3. The van der Waals surface area contributed by atoms with E-state index < -0.39 is 23.9 Å². The number of aliphatic carboxylic acids is 1. The van der Waals surface area contributed by atoms with Crippen molar-refractivity contribution in [3.8, 4) is 0 Å². The van der Waals surface area contributed by atoms with Gasteiger partial charge in [-0.2, -0.15) is 0 Å². The lowest BCUT2D eigenvalue weighted by Gasteiger charge is -2.35. The Hall–Kier alpha value is -1.83. The molecule has 0 aromatic carbocycles. The third-order valence-electron chi connectivity index (χ3n) is 2.98. The van der Waals surface area contributed by atoms with Crippen LogP contribution in [0.1, 0.15) is 26.7 Å². The quantitative estimate of drug-likeness (QED) is 0.630. The third kappa shape index (κ3) is 5.04. The lowest BCUT2D eigenvalue weighted by Crippen LogP contribution is -2.54. The van der Waals surface area contributed by atoms with Crippen LogP contribution >= 0.6 is 0 Å². The molecule has 1 saturated heterocycles. The predicted octanol–water partition coefficient (Wildman–Crippen LogP) is -0.476. The van der Waals surface area contributed by atoms with Crippen LogP contribution in [0.15, 0.2) is 0 Å². The number of carboxylic acids is 1. The number of primary amides is 1. The van der Waals surface area contributed by atoms with Gasteiger partial charge in [-0.25, -0.2) is 9.59 Å².